The number of rotatable bonds is 6. The second kappa shape index (κ2) is 11.4. The minimum atomic E-state index is -4.81. The SMILES string of the molecule is Cc1ccc2c(c1NC(=O)Cc1ccc(C(F)(F)F)c(F)c1)CCN(C(=O)c1ccc(Oc3ccccc3)nc1)C2. The highest BCUT2D eigenvalue weighted by Crippen LogP contribution is 2.33. The molecule has 1 N–H and O–H groups in total. The molecule has 5 rings (SSSR count). The Hall–Kier alpha value is -4.73. The van der Waals surface area contributed by atoms with Crippen LogP contribution in [-0.4, -0.2) is 28.2 Å². The van der Waals surface area contributed by atoms with Crippen LogP contribution in [0.15, 0.2) is 79.0 Å². The van der Waals surface area contributed by atoms with E-state index < -0.39 is 23.5 Å². The van der Waals surface area contributed by atoms with Crippen LogP contribution < -0.4 is 10.1 Å². The third kappa shape index (κ3) is 6.37. The number of alkyl halides is 3. The number of carbonyl (C=O) groups excluding carboxylic acids is 2. The molecule has 1 aliphatic heterocycles. The molecule has 0 saturated carbocycles. The summed E-state index contributed by atoms with van der Waals surface area (Å²) in [5.74, 6) is -1.09. The molecule has 41 heavy (non-hydrogen) atoms. The molecule has 0 fully saturated rings. The molecule has 210 valence electrons. The predicted molar refractivity (Wildman–Crippen MR) is 144 cm³/mol. The molecule has 0 spiro atoms. The topological polar surface area (TPSA) is 71.5 Å². The quantitative estimate of drug-likeness (QED) is 0.265. The van der Waals surface area contributed by atoms with Gasteiger partial charge in [-0.25, -0.2) is 9.37 Å². The van der Waals surface area contributed by atoms with Crippen LogP contribution in [0.3, 0.4) is 0 Å². The Labute approximate surface area is 233 Å². The van der Waals surface area contributed by atoms with Gasteiger partial charge in [0.2, 0.25) is 11.8 Å². The molecule has 0 radical (unpaired) electrons. The van der Waals surface area contributed by atoms with Crippen molar-refractivity contribution in [1.29, 1.82) is 0 Å². The number of nitrogens with one attached hydrogen (secondary N) is 1. The molecule has 4 aromatic rings. The van der Waals surface area contributed by atoms with Crippen molar-refractivity contribution >= 4 is 17.5 Å². The lowest BCUT2D eigenvalue weighted by atomic mass is 9.94. The normalized spacial score (nSPS) is 13.0. The Balaban J connectivity index is 1.25. The van der Waals surface area contributed by atoms with Crippen molar-refractivity contribution in [2.75, 3.05) is 11.9 Å². The summed E-state index contributed by atoms with van der Waals surface area (Å²) in [5.41, 5.74) is 2.30. The molecule has 2 heterocycles. The number of pyridine rings is 1. The van der Waals surface area contributed by atoms with E-state index in [1.165, 1.54) is 6.20 Å². The van der Waals surface area contributed by atoms with Crippen LogP contribution in [0, 0.1) is 12.7 Å². The molecule has 0 aliphatic carbocycles. The highest BCUT2D eigenvalue weighted by molar-refractivity contribution is 5.95. The number of carbonyl (C=O) groups is 2. The number of halogens is 4. The first-order chi connectivity index (χ1) is 19.6. The Kier molecular flexibility index (Phi) is 7.74. The zero-order valence-corrected chi connectivity index (χ0v) is 22.0. The van der Waals surface area contributed by atoms with E-state index >= 15 is 0 Å². The van der Waals surface area contributed by atoms with Crippen LogP contribution in [0.25, 0.3) is 0 Å². The van der Waals surface area contributed by atoms with E-state index in [0.29, 0.717) is 48.5 Å². The molecule has 0 unspecified atom stereocenters. The standard InChI is InChI=1S/C31H25F4N3O3/c1-19-7-9-22-18-38(30(40)21-10-12-28(36-17-21)41-23-5-3-2-4-6-23)14-13-24(22)29(19)37-27(39)16-20-8-11-25(26(32)15-20)31(33,34)35/h2-12,15,17H,13-14,16,18H2,1H3,(H,37,39). The van der Waals surface area contributed by atoms with Gasteiger partial charge in [-0.05, 0) is 65.9 Å². The molecule has 0 bridgehead atoms. The number of aryl methyl sites for hydroxylation is 1. The first-order valence-electron chi connectivity index (χ1n) is 12.8. The Morgan fingerprint density at radius 1 is 1.02 bits per heavy atom. The summed E-state index contributed by atoms with van der Waals surface area (Å²) in [7, 11) is 0. The maximum Gasteiger partial charge on any atom is 0.419 e. The fourth-order valence-electron chi connectivity index (χ4n) is 4.75. The van der Waals surface area contributed by atoms with Crippen LogP contribution >= 0.6 is 0 Å². The molecule has 10 heteroatoms. The fraction of sp³-hybridized carbons (Fsp3) is 0.194. The van der Waals surface area contributed by atoms with Crippen molar-refractivity contribution in [3.05, 3.63) is 118 Å². The lowest BCUT2D eigenvalue weighted by Crippen LogP contribution is -2.36. The van der Waals surface area contributed by atoms with Gasteiger partial charge < -0.3 is 15.0 Å². The number of ether oxygens (including phenoxy) is 1. The molecular formula is C31H25F4N3O3. The second-order valence-corrected chi connectivity index (χ2v) is 9.71. The molecular weight excluding hydrogens is 538 g/mol. The maximum absolute atomic E-state index is 14.0. The summed E-state index contributed by atoms with van der Waals surface area (Å²) < 4.78 is 58.2. The average molecular weight is 564 g/mol. The summed E-state index contributed by atoms with van der Waals surface area (Å²) in [6, 6.07) is 18.7. The average Bonchev–Trinajstić information content (AvgIpc) is 2.94. The molecule has 6 nitrogen and oxygen atoms in total. The first-order valence-corrected chi connectivity index (χ1v) is 12.8. The highest BCUT2D eigenvalue weighted by atomic mass is 19.4. The van der Waals surface area contributed by atoms with E-state index in [1.807, 2.05) is 37.3 Å². The number of fused-ring (bicyclic) bond motifs is 1. The van der Waals surface area contributed by atoms with Crippen molar-refractivity contribution in [3.63, 3.8) is 0 Å². The van der Waals surface area contributed by atoms with E-state index in [-0.39, 0.29) is 17.9 Å². The third-order valence-electron chi connectivity index (χ3n) is 6.82. The largest absolute Gasteiger partial charge is 0.439 e. The van der Waals surface area contributed by atoms with Crippen molar-refractivity contribution in [1.82, 2.24) is 9.88 Å². The van der Waals surface area contributed by atoms with Gasteiger partial charge in [0.05, 0.1) is 17.5 Å². The van der Waals surface area contributed by atoms with Gasteiger partial charge in [-0.15, -0.1) is 0 Å². The first kappa shape index (κ1) is 27.8. The number of amides is 2. The summed E-state index contributed by atoms with van der Waals surface area (Å²) >= 11 is 0. The number of anilines is 1. The van der Waals surface area contributed by atoms with Gasteiger partial charge >= 0.3 is 6.18 Å². The van der Waals surface area contributed by atoms with E-state index in [2.05, 4.69) is 10.3 Å². The fourth-order valence-corrected chi connectivity index (χ4v) is 4.75. The van der Waals surface area contributed by atoms with Crippen LogP contribution in [0.5, 0.6) is 11.6 Å². The predicted octanol–water partition coefficient (Wildman–Crippen LogP) is 6.72. The highest BCUT2D eigenvalue weighted by Gasteiger charge is 2.34. The molecule has 3 aromatic carbocycles. The summed E-state index contributed by atoms with van der Waals surface area (Å²) in [6.45, 7) is 2.56. The Morgan fingerprint density at radius 3 is 2.49 bits per heavy atom. The van der Waals surface area contributed by atoms with E-state index in [4.69, 9.17) is 4.74 Å². The number of hydrogen-bond donors (Lipinski definition) is 1. The van der Waals surface area contributed by atoms with E-state index in [0.717, 1.165) is 28.8 Å². The molecule has 0 saturated heterocycles. The smallest absolute Gasteiger partial charge is 0.419 e. The lowest BCUT2D eigenvalue weighted by Gasteiger charge is -2.31. The van der Waals surface area contributed by atoms with E-state index in [1.54, 1.807) is 29.2 Å². The van der Waals surface area contributed by atoms with Crippen LogP contribution in [0.4, 0.5) is 23.2 Å². The van der Waals surface area contributed by atoms with Crippen molar-refractivity contribution in [2.24, 2.45) is 0 Å². The van der Waals surface area contributed by atoms with Gasteiger partial charge in [-0.1, -0.05) is 36.4 Å². The minimum absolute atomic E-state index is 0.126. The summed E-state index contributed by atoms with van der Waals surface area (Å²) in [6.07, 6.45) is -3.15. The van der Waals surface area contributed by atoms with Gasteiger partial charge in [-0.2, -0.15) is 13.2 Å². The van der Waals surface area contributed by atoms with Gasteiger partial charge in [0.1, 0.15) is 11.6 Å². The van der Waals surface area contributed by atoms with E-state index in [9.17, 15) is 27.2 Å². The van der Waals surface area contributed by atoms with Gasteiger partial charge in [-0.3, -0.25) is 9.59 Å². The maximum atomic E-state index is 14.0. The third-order valence-corrected chi connectivity index (χ3v) is 6.82. The molecule has 2 amide bonds. The Bertz CT molecular complexity index is 1590. The lowest BCUT2D eigenvalue weighted by molar-refractivity contribution is -0.140. The minimum Gasteiger partial charge on any atom is -0.439 e. The number of benzene rings is 3. The number of para-hydroxylation sites is 1. The molecule has 0 atom stereocenters. The molecule has 1 aliphatic rings. The molecule has 1 aromatic heterocycles. The van der Waals surface area contributed by atoms with Gasteiger partial charge in [0, 0.05) is 31.0 Å². The van der Waals surface area contributed by atoms with Gasteiger partial charge in [0.15, 0.2) is 0 Å². The summed E-state index contributed by atoms with van der Waals surface area (Å²) in [5, 5.41) is 2.84. The second-order valence-electron chi connectivity index (χ2n) is 9.71. The van der Waals surface area contributed by atoms with Crippen molar-refractivity contribution < 1.29 is 31.9 Å². The van der Waals surface area contributed by atoms with Crippen LogP contribution in [-0.2, 0) is 30.4 Å². The summed E-state index contributed by atoms with van der Waals surface area (Å²) in [4.78, 5) is 31.9. The van der Waals surface area contributed by atoms with Gasteiger partial charge in [0.25, 0.3) is 5.91 Å². The van der Waals surface area contributed by atoms with Crippen molar-refractivity contribution in [2.45, 2.75) is 32.5 Å². The number of nitrogens with zero attached hydrogens (tertiary/aromatic N) is 2. The Morgan fingerprint density at radius 2 is 1.80 bits per heavy atom. The zero-order chi connectivity index (χ0) is 29.1. The number of hydrogen-bond acceptors (Lipinski definition) is 4. The van der Waals surface area contributed by atoms with Crippen LogP contribution in [0.2, 0.25) is 0 Å². The van der Waals surface area contributed by atoms with Crippen molar-refractivity contribution in [3.8, 4) is 11.6 Å². The van der Waals surface area contributed by atoms with Crippen LogP contribution in [0.1, 0.15) is 38.2 Å². The monoisotopic (exact) mass is 563 g/mol. The zero-order valence-electron chi connectivity index (χ0n) is 22.0. The number of aromatic nitrogens is 1.